The third-order valence-electron chi connectivity index (χ3n) is 2.30. The molecule has 2 aromatic carbocycles. The smallest absolute Gasteiger partial charge is 0.138 e. The Bertz CT molecular complexity index is 564. The van der Waals surface area contributed by atoms with E-state index >= 15 is 0 Å². The Hall–Kier alpha value is -1.91. The molecule has 0 radical (unpaired) electrons. The van der Waals surface area contributed by atoms with Gasteiger partial charge in [0.05, 0.1) is 12.1 Å². The lowest BCUT2D eigenvalue weighted by molar-refractivity contribution is 0.415. The summed E-state index contributed by atoms with van der Waals surface area (Å²) in [6.07, 6.45) is 0. The zero-order chi connectivity index (χ0) is 12.1. The molecule has 0 N–H and O–H groups in total. The van der Waals surface area contributed by atoms with Gasteiger partial charge in [-0.15, -0.1) is 0 Å². The second kappa shape index (κ2) is 5.43. The Morgan fingerprint density at radius 3 is 2.41 bits per heavy atom. The molecule has 1 nitrogen and oxygen atoms in total. The summed E-state index contributed by atoms with van der Waals surface area (Å²) in [5.41, 5.74) is 1.74. The molecule has 0 atom stereocenters. The van der Waals surface area contributed by atoms with Gasteiger partial charge in [0.2, 0.25) is 0 Å². The van der Waals surface area contributed by atoms with Crippen molar-refractivity contribution >= 4 is 11.6 Å². The van der Waals surface area contributed by atoms with Crippen molar-refractivity contribution in [3.05, 3.63) is 64.7 Å². The Kier molecular flexibility index (Phi) is 3.69. The molecule has 0 fully saturated rings. The second-order valence-electron chi connectivity index (χ2n) is 3.44. The van der Waals surface area contributed by atoms with E-state index in [4.69, 9.17) is 16.3 Å². The van der Waals surface area contributed by atoms with Crippen LogP contribution in [-0.4, -0.2) is 7.11 Å². The van der Waals surface area contributed by atoms with Crippen LogP contribution < -0.4 is 4.74 Å². The monoisotopic (exact) mass is 242 g/mol. The van der Waals surface area contributed by atoms with Crippen LogP contribution in [0.2, 0.25) is 5.02 Å². The largest absolute Gasteiger partial charge is 0.495 e. The van der Waals surface area contributed by atoms with Crippen molar-refractivity contribution in [2.24, 2.45) is 0 Å². The van der Waals surface area contributed by atoms with E-state index < -0.39 is 0 Å². The molecule has 0 unspecified atom stereocenters. The van der Waals surface area contributed by atoms with Gasteiger partial charge in [-0.25, -0.2) is 0 Å². The van der Waals surface area contributed by atoms with E-state index in [9.17, 15) is 0 Å². The second-order valence-corrected chi connectivity index (χ2v) is 3.82. The molecule has 2 heteroatoms. The summed E-state index contributed by atoms with van der Waals surface area (Å²) in [5.74, 6) is 6.75. The average Bonchev–Trinajstić information content (AvgIpc) is 2.39. The van der Waals surface area contributed by atoms with Crippen molar-refractivity contribution in [1.29, 1.82) is 0 Å². The van der Waals surface area contributed by atoms with Crippen LogP contribution >= 0.6 is 11.6 Å². The number of rotatable bonds is 1. The third kappa shape index (κ3) is 2.81. The van der Waals surface area contributed by atoms with Gasteiger partial charge in [-0.05, 0) is 24.3 Å². The number of methoxy groups -OCH3 is 1. The Labute approximate surface area is 106 Å². The molecule has 0 aliphatic carbocycles. The minimum atomic E-state index is 0.554. The van der Waals surface area contributed by atoms with Crippen molar-refractivity contribution in [2.75, 3.05) is 7.11 Å². The minimum Gasteiger partial charge on any atom is -0.495 e. The van der Waals surface area contributed by atoms with Crippen molar-refractivity contribution in [3.63, 3.8) is 0 Å². The molecular weight excluding hydrogens is 232 g/mol. The maximum atomic E-state index is 6.15. The van der Waals surface area contributed by atoms with Crippen LogP contribution in [0.3, 0.4) is 0 Å². The van der Waals surface area contributed by atoms with Crippen LogP contribution in [0, 0.1) is 11.8 Å². The van der Waals surface area contributed by atoms with Gasteiger partial charge < -0.3 is 4.74 Å². The molecule has 0 aliphatic heterocycles. The Morgan fingerprint density at radius 1 is 0.941 bits per heavy atom. The molecule has 84 valence electrons. The first-order chi connectivity index (χ1) is 8.31. The first-order valence-electron chi connectivity index (χ1n) is 5.21. The van der Waals surface area contributed by atoms with Gasteiger partial charge in [-0.3, -0.25) is 0 Å². The predicted molar refractivity (Wildman–Crippen MR) is 70.4 cm³/mol. The van der Waals surface area contributed by atoms with E-state index in [1.54, 1.807) is 7.11 Å². The van der Waals surface area contributed by atoms with E-state index in [0.717, 1.165) is 11.1 Å². The highest BCUT2D eigenvalue weighted by Gasteiger charge is 2.03. The number of hydrogen-bond donors (Lipinski definition) is 0. The van der Waals surface area contributed by atoms with Crippen LogP contribution in [0.15, 0.2) is 48.5 Å². The lowest BCUT2D eigenvalue weighted by Crippen LogP contribution is -1.86. The number of ether oxygens (including phenoxy) is 1. The summed E-state index contributed by atoms with van der Waals surface area (Å²) in [6, 6.07) is 15.4. The summed E-state index contributed by atoms with van der Waals surface area (Å²) in [4.78, 5) is 0. The predicted octanol–water partition coefficient (Wildman–Crippen LogP) is 3.75. The SMILES string of the molecule is COc1cccc(C#Cc2ccccc2)c1Cl. The number of halogens is 1. The molecule has 17 heavy (non-hydrogen) atoms. The summed E-state index contributed by atoms with van der Waals surface area (Å²) >= 11 is 6.15. The fourth-order valence-corrected chi connectivity index (χ4v) is 1.68. The van der Waals surface area contributed by atoms with E-state index in [2.05, 4.69) is 11.8 Å². The average molecular weight is 243 g/mol. The molecule has 2 rings (SSSR count). The number of benzene rings is 2. The van der Waals surface area contributed by atoms with Crippen LogP contribution in [0.4, 0.5) is 0 Å². The van der Waals surface area contributed by atoms with Gasteiger partial charge in [-0.1, -0.05) is 47.7 Å². The Balaban J connectivity index is 2.34. The standard InChI is InChI=1S/C15H11ClO/c1-17-14-9-5-8-13(15(14)16)11-10-12-6-3-2-4-7-12/h2-9H,1H3. The lowest BCUT2D eigenvalue weighted by Gasteiger charge is -2.03. The molecule has 0 amide bonds. The van der Waals surface area contributed by atoms with Crippen LogP contribution in [-0.2, 0) is 0 Å². The molecule has 0 saturated carbocycles. The van der Waals surface area contributed by atoms with E-state index in [0.29, 0.717) is 10.8 Å². The highest BCUT2D eigenvalue weighted by molar-refractivity contribution is 6.33. The summed E-state index contributed by atoms with van der Waals surface area (Å²) in [6.45, 7) is 0. The van der Waals surface area contributed by atoms with E-state index in [1.807, 2.05) is 48.5 Å². The van der Waals surface area contributed by atoms with Gasteiger partial charge in [0, 0.05) is 11.1 Å². The zero-order valence-electron chi connectivity index (χ0n) is 9.41. The van der Waals surface area contributed by atoms with Gasteiger partial charge in [0.25, 0.3) is 0 Å². The molecular formula is C15H11ClO. The first-order valence-corrected chi connectivity index (χ1v) is 5.58. The highest BCUT2D eigenvalue weighted by Crippen LogP contribution is 2.26. The number of hydrogen-bond acceptors (Lipinski definition) is 1. The quantitative estimate of drug-likeness (QED) is 0.692. The highest BCUT2D eigenvalue weighted by atomic mass is 35.5. The van der Waals surface area contributed by atoms with E-state index in [-0.39, 0.29) is 0 Å². The molecule has 0 heterocycles. The van der Waals surface area contributed by atoms with Crippen molar-refractivity contribution in [1.82, 2.24) is 0 Å². The van der Waals surface area contributed by atoms with Crippen molar-refractivity contribution in [2.45, 2.75) is 0 Å². The normalized spacial score (nSPS) is 9.29. The summed E-state index contributed by atoms with van der Waals surface area (Å²) in [5, 5.41) is 0.554. The maximum Gasteiger partial charge on any atom is 0.138 e. The summed E-state index contributed by atoms with van der Waals surface area (Å²) < 4.78 is 5.14. The topological polar surface area (TPSA) is 9.23 Å². The van der Waals surface area contributed by atoms with Gasteiger partial charge >= 0.3 is 0 Å². The fraction of sp³-hybridized carbons (Fsp3) is 0.0667. The molecule has 2 aromatic rings. The van der Waals surface area contributed by atoms with Crippen LogP contribution in [0.5, 0.6) is 5.75 Å². The fourth-order valence-electron chi connectivity index (χ4n) is 1.43. The lowest BCUT2D eigenvalue weighted by atomic mass is 10.2. The molecule has 0 spiro atoms. The summed E-state index contributed by atoms with van der Waals surface area (Å²) in [7, 11) is 1.59. The molecule has 0 aromatic heterocycles. The van der Waals surface area contributed by atoms with Crippen molar-refractivity contribution < 1.29 is 4.74 Å². The van der Waals surface area contributed by atoms with Crippen molar-refractivity contribution in [3.8, 4) is 17.6 Å². The molecule has 0 saturated heterocycles. The third-order valence-corrected chi connectivity index (χ3v) is 2.69. The maximum absolute atomic E-state index is 6.15. The van der Waals surface area contributed by atoms with Gasteiger partial charge in [0.1, 0.15) is 5.75 Å². The molecule has 0 aliphatic rings. The van der Waals surface area contributed by atoms with E-state index in [1.165, 1.54) is 0 Å². The zero-order valence-corrected chi connectivity index (χ0v) is 10.2. The Morgan fingerprint density at radius 2 is 1.71 bits per heavy atom. The minimum absolute atomic E-state index is 0.554. The van der Waals surface area contributed by atoms with Crippen LogP contribution in [0.1, 0.15) is 11.1 Å². The van der Waals surface area contributed by atoms with Gasteiger partial charge in [-0.2, -0.15) is 0 Å². The first kappa shape index (κ1) is 11.6. The van der Waals surface area contributed by atoms with Crippen LogP contribution in [0.25, 0.3) is 0 Å². The molecule has 0 bridgehead atoms. The van der Waals surface area contributed by atoms with Gasteiger partial charge in [0.15, 0.2) is 0 Å².